The highest BCUT2D eigenvalue weighted by Crippen LogP contribution is 2.43. The maximum atomic E-state index is 13.8. The summed E-state index contributed by atoms with van der Waals surface area (Å²) in [7, 11) is 0. The third-order valence-electron chi connectivity index (χ3n) is 5.53. The lowest BCUT2D eigenvalue weighted by atomic mass is 9.98. The monoisotopic (exact) mass is 371 g/mol. The van der Waals surface area contributed by atoms with Crippen LogP contribution in [0.3, 0.4) is 0 Å². The average Bonchev–Trinajstić information content (AvgIpc) is 3.16. The van der Waals surface area contributed by atoms with Crippen molar-refractivity contribution in [3.8, 4) is 0 Å². The molecule has 1 aromatic heterocycles. The zero-order valence-electron chi connectivity index (χ0n) is 16.0. The van der Waals surface area contributed by atoms with Gasteiger partial charge in [0, 0.05) is 29.7 Å². The third kappa shape index (κ3) is 3.57. The molecule has 1 amide bonds. The van der Waals surface area contributed by atoms with Gasteiger partial charge in [-0.15, -0.1) is 0 Å². The van der Waals surface area contributed by atoms with Crippen LogP contribution < -0.4 is 5.32 Å². The van der Waals surface area contributed by atoms with Gasteiger partial charge >= 0.3 is 6.09 Å². The van der Waals surface area contributed by atoms with E-state index in [1.807, 2.05) is 31.7 Å². The van der Waals surface area contributed by atoms with E-state index in [2.05, 4.69) is 10.3 Å². The molecular formula is C21H26FN3O2. The SMILES string of the molecule is CC(C)(C)OC(=O)N1CC2CCCC2C1Nc1ccnc2ccc(F)cc12. The van der Waals surface area contributed by atoms with Crippen LogP contribution >= 0.6 is 0 Å². The number of carbonyl (C=O) groups is 1. The lowest BCUT2D eigenvalue weighted by molar-refractivity contribution is 0.0223. The Hall–Kier alpha value is -2.37. The van der Waals surface area contributed by atoms with Crippen molar-refractivity contribution in [2.45, 2.75) is 51.8 Å². The van der Waals surface area contributed by atoms with Crippen LogP contribution in [0, 0.1) is 17.7 Å². The zero-order valence-corrected chi connectivity index (χ0v) is 16.0. The molecule has 0 bridgehead atoms. The molecule has 1 aliphatic heterocycles. The van der Waals surface area contributed by atoms with Crippen molar-refractivity contribution in [3.63, 3.8) is 0 Å². The molecule has 2 aromatic rings. The molecule has 6 heteroatoms. The van der Waals surface area contributed by atoms with Crippen LogP contribution in [0.5, 0.6) is 0 Å². The summed E-state index contributed by atoms with van der Waals surface area (Å²) in [6.07, 6.45) is 4.66. The van der Waals surface area contributed by atoms with E-state index in [9.17, 15) is 9.18 Å². The van der Waals surface area contributed by atoms with Crippen molar-refractivity contribution in [2.24, 2.45) is 11.8 Å². The van der Waals surface area contributed by atoms with Gasteiger partial charge in [0.1, 0.15) is 17.6 Å². The number of nitrogens with zero attached hydrogens (tertiary/aromatic N) is 2. The molecule has 1 saturated carbocycles. The summed E-state index contributed by atoms with van der Waals surface area (Å²) in [4.78, 5) is 18.9. The van der Waals surface area contributed by atoms with Crippen molar-refractivity contribution < 1.29 is 13.9 Å². The summed E-state index contributed by atoms with van der Waals surface area (Å²) < 4.78 is 19.4. The van der Waals surface area contributed by atoms with Crippen LogP contribution in [0.25, 0.3) is 10.9 Å². The predicted octanol–water partition coefficient (Wildman–Crippen LogP) is 4.78. The Bertz CT molecular complexity index is 864. The van der Waals surface area contributed by atoms with E-state index in [0.717, 1.165) is 29.4 Å². The second kappa shape index (κ2) is 6.66. The summed E-state index contributed by atoms with van der Waals surface area (Å²) in [5.74, 6) is 0.571. The first-order valence-electron chi connectivity index (χ1n) is 9.62. The molecule has 1 N–H and O–H groups in total. The van der Waals surface area contributed by atoms with E-state index in [1.54, 1.807) is 12.3 Å². The van der Waals surface area contributed by atoms with Crippen molar-refractivity contribution in [1.82, 2.24) is 9.88 Å². The Morgan fingerprint density at radius 1 is 1.30 bits per heavy atom. The van der Waals surface area contributed by atoms with E-state index >= 15 is 0 Å². The Labute approximate surface area is 158 Å². The van der Waals surface area contributed by atoms with Crippen molar-refractivity contribution >= 4 is 22.7 Å². The highest BCUT2D eigenvalue weighted by atomic mass is 19.1. The number of anilines is 1. The molecule has 2 heterocycles. The Balaban J connectivity index is 1.65. The smallest absolute Gasteiger partial charge is 0.411 e. The van der Waals surface area contributed by atoms with Gasteiger partial charge in [0.25, 0.3) is 0 Å². The minimum Gasteiger partial charge on any atom is -0.444 e. The predicted molar refractivity (Wildman–Crippen MR) is 103 cm³/mol. The fraction of sp³-hybridized carbons (Fsp3) is 0.524. The highest BCUT2D eigenvalue weighted by molar-refractivity contribution is 5.91. The fourth-order valence-corrected chi connectivity index (χ4v) is 4.40. The van der Waals surface area contributed by atoms with Crippen LogP contribution in [-0.2, 0) is 4.74 Å². The molecule has 0 radical (unpaired) electrons. The number of pyridine rings is 1. The van der Waals surface area contributed by atoms with Gasteiger partial charge in [-0.05, 0) is 63.8 Å². The number of amides is 1. The van der Waals surface area contributed by atoms with Crippen LogP contribution in [0.4, 0.5) is 14.9 Å². The number of aromatic nitrogens is 1. The minimum absolute atomic E-state index is 0.152. The van der Waals surface area contributed by atoms with Crippen LogP contribution in [0.2, 0.25) is 0 Å². The number of halogens is 1. The number of likely N-dealkylation sites (tertiary alicyclic amines) is 1. The molecule has 1 aliphatic carbocycles. The number of hydrogen-bond donors (Lipinski definition) is 1. The summed E-state index contributed by atoms with van der Waals surface area (Å²) in [5.41, 5.74) is 0.989. The normalized spacial score (nSPS) is 24.9. The number of benzene rings is 1. The molecule has 3 atom stereocenters. The second-order valence-electron chi connectivity index (χ2n) is 8.60. The van der Waals surface area contributed by atoms with Crippen molar-refractivity contribution in [3.05, 3.63) is 36.3 Å². The van der Waals surface area contributed by atoms with Crippen LogP contribution in [-0.4, -0.2) is 34.3 Å². The first-order valence-corrected chi connectivity index (χ1v) is 9.62. The van der Waals surface area contributed by atoms with E-state index in [0.29, 0.717) is 18.4 Å². The van der Waals surface area contributed by atoms with Gasteiger partial charge in [0.15, 0.2) is 0 Å². The standard InChI is InChI=1S/C21H26FN3O2/c1-21(2,3)27-20(26)25-12-13-5-4-6-15(13)19(25)24-18-9-10-23-17-8-7-14(22)11-16(17)18/h7-11,13,15,19H,4-6,12H2,1-3H3,(H,23,24). The van der Waals surface area contributed by atoms with Crippen LogP contribution in [0.1, 0.15) is 40.0 Å². The van der Waals surface area contributed by atoms with Crippen LogP contribution in [0.15, 0.2) is 30.5 Å². The highest BCUT2D eigenvalue weighted by Gasteiger charge is 2.47. The topological polar surface area (TPSA) is 54.5 Å². The summed E-state index contributed by atoms with van der Waals surface area (Å²) in [6, 6.07) is 6.42. The lowest BCUT2D eigenvalue weighted by Crippen LogP contribution is -2.45. The summed E-state index contributed by atoms with van der Waals surface area (Å²) >= 11 is 0. The molecule has 5 nitrogen and oxygen atoms in total. The van der Waals surface area contributed by atoms with Crippen molar-refractivity contribution in [1.29, 1.82) is 0 Å². The fourth-order valence-electron chi connectivity index (χ4n) is 4.40. The third-order valence-corrected chi connectivity index (χ3v) is 5.53. The second-order valence-corrected chi connectivity index (χ2v) is 8.60. The summed E-state index contributed by atoms with van der Waals surface area (Å²) in [5, 5.41) is 4.24. The molecule has 2 aliphatic rings. The number of ether oxygens (including phenoxy) is 1. The number of nitrogens with one attached hydrogen (secondary N) is 1. The Morgan fingerprint density at radius 3 is 2.89 bits per heavy atom. The van der Waals surface area contributed by atoms with Gasteiger partial charge in [-0.3, -0.25) is 9.88 Å². The average molecular weight is 371 g/mol. The number of carbonyl (C=O) groups excluding carboxylic acids is 1. The molecule has 1 saturated heterocycles. The van der Waals surface area contributed by atoms with Gasteiger partial charge in [-0.2, -0.15) is 0 Å². The van der Waals surface area contributed by atoms with E-state index in [-0.39, 0.29) is 18.1 Å². The first kappa shape index (κ1) is 18.0. The quantitative estimate of drug-likeness (QED) is 0.825. The van der Waals surface area contributed by atoms with Gasteiger partial charge in [0.05, 0.1) is 5.52 Å². The van der Waals surface area contributed by atoms with E-state index in [1.165, 1.54) is 18.6 Å². The molecular weight excluding hydrogens is 345 g/mol. The Morgan fingerprint density at radius 2 is 2.11 bits per heavy atom. The number of rotatable bonds is 2. The molecule has 4 rings (SSSR count). The summed E-state index contributed by atoms with van der Waals surface area (Å²) in [6.45, 7) is 6.34. The molecule has 2 fully saturated rings. The first-order chi connectivity index (χ1) is 12.8. The number of hydrogen-bond acceptors (Lipinski definition) is 4. The lowest BCUT2D eigenvalue weighted by Gasteiger charge is -2.32. The van der Waals surface area contributed by atoms with Gasteiger partial charge in [-0.1, -0.05) is 6.42 Å². The largest absolute Gasteiger partial charge is 0.444 e. The zero-order chi connectivity index (χ0) is 19.2. The number of fused-ring (bicyclic) bond motifs is 2. The molecule has 144 valence electrons. The van der Waals surface area contributed by atoms with Gasteiger partial charge in [0.2, 0.25) is 0 Å². The minimum atomic E-state index is -0.536. The van der Waals surface area contributed by atoms with E-state index in [4.69, 9.17) is 4.74 Å². The van der Waals surface area contributed by atoms with Gasteiger partial charge in [-0.25, -0.2) is 9.18 Å². The molecule has 3 unspecified atom stereocenters. The maximum Gasteiger partial charge on any atom is 0.411 e. The van der Waals surface area contributed by atoms with Crippen molar-refractivity contribution in [2.75, 3.05) is 11.9 Å². The van der Waals surface area contributed by atoms with Gasteiger partial charge < -0.3 is 10.1 Å². The molecule has 0 spiro atoms. The molecule has 1 aromatic carbocycles. The Kier molecular flexibility index (Phi) is 4.44. The molecule has 27 heavy (non-hydrogen) atoms. The maximum absolute atomic E-state index is 13.8. The van der Waals surface area contributed by atoms with E-state index < -0.39 is 5.60 Å².